The first kappa shape index (κ1) is 59.6. The highest BCUT2D eigenvalue weighted by Crippen LogP contribution is 2.42. The van der Waals surface area contributed by atoms with Gasteiger partial charge in [-0.15, -0.1) is 0 Å². The zero-order valence-corrected chi connectivity index (χ0v) is 48.3. The molecule has 3 amide bonds. The van der Waals surface area contributed by atoms with Gasteiger partial charge in [-0.3, -0.25) is 14.5 Å². The van der Waals surface area contributed by atoms with E-state index in [9.17, 15) is 19.2 Å². The van der Waals surface area contributed by atoms with E-state index in [-0.39, 0.29) is 69.8 Å². The Kier molecular flexibility index (Phi) is 20.4. The van der Waals surface area contributed by atoms with Gasteiger partial charge < -0.3 is 52.6 Å². The van der Waals surface area contributed by atoms with Crippen LogP contribution in [0.5, 0.6) is 0 Å². The largest absolute Gasteiger partial charge is 0.458 e. The Bertz CT molecular complexity index is 2220. The molecule has 0 spiro atoms. The molecule has 13 atom stereocenters. The highest BCUT2D eigenvalue weighted by molar-refractivity contribution is 6.76. The van der Waals surface area contributed by atoms with E-state index in [1.165, 1.54) is 11.8 Å². The van der Waals surface area contributed by atoms with E-state index in [1.54, 1.807) is 30.8 Å². The van der Waals surface area contributed by atoms with Crippen LogP contribution in [-0.2, 0) is 60.7 Å². The molecule has 2 aromatic rings. The van der Waals surface area contributed by atoms with Crippen molar-refractivity contribution in [3.63, 3.8) is 0 Å². The van der Waals surface area contributed by atoms with Crippen LogP contribution in [0, 0.1) is 23.7 Å². The molecule has 3 aliphatic heterocycles. The number of rotatable bonds is 17. The van der Waals surface area contributed by atoms with Crippen LogP contribution >= 0.6 is 0 Å². The Balaban J connectivity index is 1.36. The summed E-state index contributed by atoms with van der Waals surface area (Å²) in [5, 5.41) is 0. The zero-order chi connectivity index (χ0) is 55.0. The van der Waals surface area contributed by atoms with E-state index >= 15 is 4.79 Å². The lowest BCUT2D eigenvalue weighted by Crippen LogP contribution is -2.62. The van der Waals surface area contributed by atoms with Crippen LogP contribution in [-0.4, -0.2) is 165 Å². The summed E-state index contributed by atoms with van der Waals surface area (Å²) in [5.74, 6) is -4.01. The molecule has 0 N–H and O–H groups in total. The van der Waals surface area contributed by atoms with Gasteiger partial charge in [-0.1, -0.05) is 108 Å². The van der Waals surface area contributed by atoms with E-state index in [0.29, 0.717) is 13.0 Å². The highest BCUT2D eigenvalue weighted by atomic mass is 28.3. The average Bonchev–Trinajstić information content (AvgIpc) is 4.19. The van der Waals surface area contributed by atoms with E-state index in [0.717, 1.165) is 30.0 Å². The van der Waals surface area contributed by atoms with Crippen LogP contribution in [0.15, 0.2) is 60.7 Å². The van der Waals surface area contributed by atoms with Crippen molar-refractivity contribution in [3.8, 4) is 0 Å². The van der Waals surface area contributed by atoms with Crippen LogP contribution in [0.2, 0.25) is 25.7 Å². The Hall–Kier alpha value is -4.59. The van der Waals surface area contributed by atoms with Crippen molar-refractivity contribution in [1.29, 1.82) is 0 Å². The fraction of sp³-hybridized carbons (Fsp3) is 0.702. The molecule has 18 heteroatoms. The monoisotopic (exact) mass is 1060 g/mol. The third kappa shape index (κ3) is 14.9. The normalized spacial score (nSPS) is 32.2. The predicted molar refractivity (Wildman–Crippen MR) is 286 cm³/mol. The molecule has 1 saturated carbocycles. The second-order valence-corrected chi connectivity index (χ2v) is 29.2. The number of nitrogens with zero attached hydrogens (tertiary/aromatic N) is 4. The fourth-order valence-corrected chi connectivity index (χ4v) is 12.2. The lowest BCUT2D eigenvalue weighted by Gasteiger charge is -2.48. The summed E-state index contributed by atoms with van der Waals surface area (Å²) >= 11 is 0. The first-order valence-electron chi connectivity index (χ1n) is 27.2. The van der Waals surface area contributed by atoms with Gasteiger partial charge in [0, 0.05) is 52.3 Å². The molecule has 3 heterocycles. The standard InChI is InChI=1S/C57H88N4O13Si/c1-15-47-57(8)49(61(55(66)74-57)36-68-28-29-75(12,13)14)41(6)59(53(64)69-34-42-22-18-16-19-23-42)32-37(2)31-56(7,67-11)50(39(4)48(62)40(5)51(63)72-47)73-52-38(3)46(58(9)10)30-45(71-52)33-60(44-26-27-44)54(65)70-35-43-24-20-17-21-25-43/h16-25,37-41,44-47,49-50,52H,15,26-36H2,1-14H3/t37-,38-,39+,40?,41-,45+,46?,47-,49-,50-,52+,56-,57-/m1/s1. The summed E-state index contributed by atoms with van der Waals surface area (Å²) < 4.78 is 51.4. The number of Topliss-reactive ketones (excluding diaryl/α,β-unsaturated/α-hetero) is 1. The number of benzene rings is 2. The van der Waals surface area contributed by atoms with Gasteiger partial charge in [-0.05, 0) is 97.0 Å². The first-order valence-corrected chi connectivity index (χ1v) is 30.9. The van der Waals surface area contributed by atoms with Crippen molar-refractivity contribution in [3.05, 3.63) is 71.8 Å². The van der Waals surface area contributed by atoms with Crippen LogP contribution < -0.4 is 0 Å². The van der Waals surface area contributed by atoms with E-state index in [2.05, 4.69) is 31.5 Å². The van der Waals surface area contributed by atoms with Gasteiger partial charge in [0.1, 0.15) is 38.0 Å². The molecule has 3 saturated heterocycles. The van der Waals surface area contributed by atoms with E-state index in [1.807, 2.05) is 102 Å². The smallest absolute Gasteiger partial charge is 0.412 e. The average molecular weight is 1070 g/mol. The van der Waals surface area contributed by atoms with Crippen LogP contribution in [0.1, 0.15) is 98.6 Å². The number of carbonyl (C=O) groups excluding carboxylic acids is 5. The van der Waals surface area contributed by atoms with Gasteiger partial charge in [-0.25, -0.2) is 14.4 Å². The molecule has 418 valence electrons. The number of carbonyl (C=O) groups is 5. The molecule has 0 bridgehead atoms. The first-order chi connectivity index (χ1) is 35.4. The molecule has 4 aliphatic rings. The molecule has 2 aromatic carbocycles. The maximum atomic E-state index is 15.0. The molecule has 75 heavy (non-hydrogen) atoms. The lowest BCUT2D eigenvalue weighted by molar-refractivity contribution is -0.284. The van der Waals surface area contributed by atoms with Crippen LogP contribution in [0.25, 0.3) is 0 Å². The summed E-state index contributed by atoms with van der Waals surface area (Å²) in [4.78, 5) is 79.3. The van der Waals surface area contributed by atoms with Crippen molar-refractivity contribution < 1.29 is 61.9 Å². The molecule has 0 aromatic heterocycles. The minimum Gasteiger partial charge on any atom is -0.458 e. The van der Waals surface area contributed by atoms with Gasteiger partial charge in [0.15, 0.2) is 17.7 Å². The van der Waals surface area contributed by atoms with Crippen LogP contribution in [0.3, 0.4) is 0 Å². The quantitative estimate of drug-likeness (QED) is 0.0482. The number of hydrogen-bond acceptors (Lipinski definition) is 14. The Morgan fingerprint density at radius 1 is 0.880 bits per heavy atom. The zero-order valence-electron chi connectivity index (χ0n) is 47.3. The molecule has 17 nitrogen and oxygen atoms in total. The second kappa shape index (κ2) is 25.7. The maximum absolute atomic E-state index is 15.0. The molecular weight excluding hydrogens is 977 g/mol. The van der Waals surface area contributed by atoms with Crippen LogP contribution in [0.4, 0.5) is 14.4 Å². The van der Waals surface area contributed by atoms with Gasteiger partial charge in [0.2, 0.25) is 0 Å². The number of hydrogen-bond donors (Lipinski definition) is 0. The van der Waals surface area contributed by atoms with Crippen molar-refractivity contribution >= 4 is 38.1 Å². The fourth-order valence-electron chi connectivity index (χ4n) is 11.4. The number of fused-ring (bicyclic) bond motifs is 1. The molecule has 6 rings (SSSR count). The number of ether oxygens (including phenoxy) is 8. The van der Waals surface area contributed by atoms with Gasteiger partial charge in [0.25, 0.3) is 0 Å². The highest BCUT2D eigenvalue weighted by Gasteiger charge is 2.60. The Labute approximate surface area is 447 Å². The minimum atomic E-state index is -1.51. The van der Waals surface area contributed by atoms with Crippen molar-refractivity contribution in [2.75, 3.05) is 47.6 Å². The van der Waals surface area contributed by atoms with Gasteiger partial charge in [-0.2, -0.15) is 0 Å². The number of amides is 3. The second-order valence-electron chi connectivity index (χ2n) is 23.6. The van der Waals surface area contributed by atoms with E-state index < -0.39 is 97.8 Å². The predicted octanol–water partition coefficient (Wildman–Crippen LogP) is 9.38. The lowest BCUT2D eigenvalue weighted by atomic mass is 9.78. The summed E-state index contributed by atoms with van der Waals surface area (Å²) in [6, 6.07) is 18.1. The summed E-state index contributed by atoms with van der Waals surface area (Å²) in [6.45, 7) is 22.2. The SMILES string of the molecule is CC[C@H]1OC(=O)C(C)C(=O)[C@H](C)[C@@H](O[C@@H]2O[C@H](CN(C(=O)OCc3ccccc3)C3CC3)CC(N(C)C)[C@H]2C)[C@](C)(OC)C[C@@H](C)CN(C(=O)OCc2ccccc2)[C@H](C)[C@H]2N(COCC[Si](C)(C)C)C(=O)O[C@]12C. The molecule has 4 fully saturated rings. The van der Waals surface area contributed by atoms with Crippen molar-refractivity contribution in [1.82, 2.24) is 19.6 Å². The topological polar surface area (TPSA) is 172 Å². The number of cyclic esters (lactones) is 1. The third-order valence-corrected chi connectivity index (χ3v) is 17.7. The third-order valence-electron chi connectivity index (χ3n) is 16.0. The maximum Gasteiger partial charge on any atom is 0.412 e. The molecule has 2 unspecified atom stereocenters. The Morgan fingerprint density at radius 2 is 1.49 bits per heavy atom. The van der Waals surface area contributed by atoms with Gasteiger partial charge in [0.05, 0.1) is 30.4 Å². The Morgan fingerprint density at radius 3 is 2.05 bits per heavy atom. The molecular formula is C57H88N4O13Si. The van der Waals surface area contributed by atoms with Gasteiger partial charge >= 0.3 is 24.2 Å². The number of esters is 1. The molecule has 1 aliphatic carbocycles. The summed E-state index contributed by atoms with van der Waals surface area (Å²) in [5.41, 5.74) is -1.04. The van der Waals surface area contributed by atoms with Crippen molar-refractivity contribution in [2.45, 2.75) is 186 Å². The summed E-state index contributed by atoms with van der Waals surface area (Å²) in [7, 11) is 4.09. The molecule has 0 radical (unpaired) electrons. The minimum absolute atomic E-state index is 0.00162. The number of methoxy groups -OCH3 is 1. The van der Waals surface area contributed by atoms with Crippen molar-refractivity contribution in [2.24, 2.45) is 23.7 Å². The number of ketones is 1. The summed E-state index contributed by atoms with van der Waals surface area (Å²) in [6.07, 6.45) is -2.25. The van der Waals surface area contributed by atoms with E-state index in [4.69, 9.17) is 37.9 Å².